The smallest absolute Gasteiger partial charge is 0.426 e. The highest BCUT2D eigenvalue weighted by molar-refractivity contribution is 6.37. The fraction of sp³-hybridized carbons (Fsp3) is 0.333. The molecule has 216 valence electrons. The molecule has 5 rings (SSSR count). The Morgan fingerprint density at radius 2 is 1.63 bits per heavy atom. The predicted molar refractivity (Wildman–Crippen MR) is 144 cm³/mol. The monoisotopic (exact) mass is 611 g/mol. The zero-order chi connectivity index (χ0) is 29.9. The number of nitrogens with zero attached hydrogens (tertiary/aromatic N) is 1. The third-order valence-corrected chi connectivity index (χ3v) is 9.05. The van der Waals surface area contributed by atoms with Crippen LogP contribution in [0.1, 0.15) is 62.7 Å². The highest BCUT2D eigenvalue weighted by Crippen LogP contribution is 2.51. The number of likely N-dealkylation sites (tertiary alicyclic amines) is 1. The summed E-state index contributed by atoms with van der Waals surface area (Å²) in [5.74, 6) is -2.19. The molecule has 0 saturated carbocycles. The van der Waals surface area contributed by atoms with Crippen LogP contribution in [-0.2, 0) is 23.9 Å². The minimum atomic E-state index is -5.10. The largest absolute Gasteiger partial charge is 0.478 e. The number of benzene rings is 3. The van der Waals surface area contributed by atoms with Crippen molar-refractivity contribution >= 4 is 35.1 Å². The van der Waals surface area contributed by atoms with Crippen LogP contribution in [0, 0.1) is 5.82 Å². The first kappa shape index (κ1) is 29.3. The third-order valence-electron chi connectivity index (χ3n) is 8.43. The average molecular weight is 612 g/mol. The molecule has 1 saturated heterocycles. The lowest BCUT2D eigenvalue weighted by molar-refractivity contribution is -0.228. The number of fused-ring (bicyclic) bond motifs is 3. The van der Waals surface area contributed by atoms with E-state index >= 15 is 0 Å². The van der Waals surface area contributed by atoms with Crippen LogP contribution >= 0.6 is 23.2 Å². The number of carbonyl (C=O) groups excluding carboxylic acids is 1. The summed E-state index contributed by atoms with van der Waals surface area (Å²) in [6.45, 7) is 0.763. The maximum absolute atomic E-state index is 14.9. The molecule has 0 radical (unpaired) electrons. The van der Waals surface area contributed by atoms with Gasteiger partial charge in [-0.1, -0.05) is 53.5 Å². The van der Waals surface area contributed by atoms with Crippen LogP contribution in [0.4, 0.5) is 22.0 Å². The van der Waals surface area contributed by atoms with Crippen molar-refractivity contribution in [1.82, 2.24) is 4.90 Å². The molecule has 41 heavy (non-hydrogen) atoms. The van der Waals surface area contributed by atoms with Gasteiger partial charge in [0.15, 0.2) is 0 Å². The van der Waals surface area contributed by atoms with Gasteiger partial charge in [-0.15, -0.1) is 0 Å². The van der Waals surface area contributed by atoms with E-state index in [0.29, 0.717) is 43.7 Å². The fourth-order valence-corrected chi connectivity index (χ4v) is 6.75. The third kappa shape index (κ3) is 4.97. The summed E-state index contributed by atoms with van der Waals surface area (Å²) >= 11 is 12.4. The Labute approximate surface area is 242 Å². The SMILES string of the molecule is CC(F)(c1ccc2c(c1)CC[C@H]1N(C(=O)c3cc(Cl)c(C(=O)O)cc3Cl)CC[C@@]21Cc1ccc(F)cc1)C(F)(F)F. The highest BCUT2D eigenvalue weighted by Gasteiger charge is 2.55. The van der Waals surface area contributed by atoms with Crippen molar-refractivity contribution in [1.29, 1.82) is 0 Å². The molecule has 1 fully saturated rings. The molecule has 1 N–H and O–H groups in total. The first-order valence-corrected chi connectivity index (χ1v) is 13.6. The molecule has 3 aromatic rings. The van der Waals surface area contributed by atoms with Gasteiger partial charge in [-0.25, -0.2) is 13.6 Å². The summed E-state index contributed by atoms with van der Waals surface area (Å²) in [7, 11) is 0. The first-order chi connectivity index (χ1) is 19.2. The average Bonchev–Trinajstić information content (AvgIpc) is 3.29. The second-order valence-electron chi connectivity index (χ2n) is 10.8. The summed E-state index contributed by atoms with van der Waals surface area (Å²) in [6.07, 6.45) is -3.65. The van der Waals surface area contributed by atoms with Crippen LogP contribution in [0.3, 0.4) is 0 Å². The molecule has 1 unspecified atom stereocenters. The molecule has 2 aliphatic rings. The number of alkyl halides is 4. The van der Waals surface area contributed by atoms with Crippen molar-refractivity contribution < 1.29 is 36.6 Å². The molecule has 3 atom stereocenters. The summed E-state index contributed by atoms with van der Waals surface area (Å²) in [5.41, 5.74) is -2.98. The van der Waals surface area contributed by atoms with Gasteiger partial charge >= 0.3 is 12.1 Å². The van der Waals surface area contributed by atoms with E-state index in [0.717, 1.165) is 17.7 Å². The van der Waals surface area contributed by atoms with Crippen LogP contribution in [-0.4, -0.2) is 40.6 Å². The summed E-state index contributed by atoms with van der Waals surface area (Å²) in [5, 5.41) is 9.11. The number of carboxylic acids is 1. The minimum absolute atomic E-state index is 0.0266. The number of carboxylic acid groups (broad SMARTS) is 1. The molecular weight excluding hydrogens is 588 g/mol. The normalized spacial score (nSPS) is 21.7. The number of hydrogen-bond acceptors (Lipinski definition) is 2. The molecule has 3 aromatic carbocycles. The van der Waals surface area contributed by atoms with Crippen molar-refractivity contribution in [2.75, 3.05) is 6.54 Å². The number of rotatable bonds is 5. The fourth-order valence-electron chi connectivity index (χ4n) is 6.26. The summed E-state index contributed by atoms with van der Waals surface area (Å²) < 4.78 is 69.0. The lowest BCUT2D eigenvalue weighted by Crippen LogP contribution is -2.49. The number of hydrogen-bond donors (Lipinski definition) is 1. The van der Waals surface area contributed by atoms with E-state index in [1.165, 1.54) is 30.3 Å². The van der Waals surface area contributed by atoms with Crippen LogP contribution in [0.5, 0.6) is 0 Å². The van der Waals surface area contributed by atoms with E-state index in [2.05, 4.69) is 0 Å². The summed E-state index contributed by atoms with van der Waals surface area (Å²) in [6, 6.07) is 11.7. The molecule has 11 heteroatoms. The first-order valence-electron chi connectivity index (χ1n) is 12.8. The van der Waals surface area contributed by atoms with Crippen LogP contribution in [0.25, 0.3) is 0 Å². The van der Waals surface area contributed by atoms with Crippen LogP contribution in [0.2, 0.25) is 10.0 Å². The molecule has 0 spiro atoms. The van der Waals surface area contributed by atoms with Gasteiger partial charge < -0.3 is 10.0 Å². The van der Waals surface area contributed by atoms with Crippen molar-refractivity contribution in [3.8, 4) is 0 Å². The minimum Gasteiger partial charge on any atom is -0.478 e. The molecule has 0 bridgehead atoms. The molecular formula is C30H24Cl2F5NO3. The standard InChI is InChI=1S/C30H24Cl2F5NO3/c1-28(34,30(35,36)37)18-5-8-22-17(12-18)4-9-25-29(22,15-16-2-6-19(33)7-3-16)10-11-38(25)26(39)20-13-24(32)21(27(40)41)14-23(20)31/h2-3,5-8,12-14,25H,4,9-11,15H2,1H3,(H,40,41)/t25-,28?,29-/m1/s1. The Kier molecular flexibility index (Phi) is 7.35. The van der Waals surface area contributed by atoms with E-state index in [9.17, 15) is 36.6 Å². The van der Waals surface area contributed by atoms with Gasteiger partial charge in [0.25, 0.3) is 5.91 Å². The zero-order valence-corrected chi connectivity index (χ0v) is 23.2. The van der Waals surface area contributed by atoms with Crippen LogP contribution < -0.4 is 0 Å². The number of amides is 1. The molecule has 1 amide bonds. The Hall–Kier alpha value is -3.17. The van der Waals surface area contributed by atoms with Crippen molar-refractivity contribution in [3.63, 3.8) is 0 Å². The van der Waals surface area contributed by atoms with Crippen molar-refractivity contribution in [2.24, 2.45) is 0 Å². The molecule has 1 aliphatic carbocycles. The van der Waals surface area contributed by atoms with E-state index in [4.69, 9.17) is 23.2 Å². The van der Waals surface area contributed by atoms with Gasteiger partial charge in [0.2, 0.25) is 5.67 Å². The topological polar surface area (TPSA) is 57.6 Å². The molecule has 1 aliphatic heterocycles. The van der Waals surface area contributed by atoms with Gasteiger partial charge in [0, 0.05) is 18.0 Å². The molecule has 1 heterocycles. The van der Waals surface area contributed by atoms with Gasteiger partial charge in [-0.3, -0.25) is 4.79 Å². The number of halogens is 7. The number of carbonyl (C=O) groups is 2. The van der Waals surface area contributed by atoms with Crippen molar-refractivity contribution in [3.05, 3.63) is 104 Å². The lowest BCUT2D eigenvalue weighted by Gasteiger charge is -2.44. The van der Waals surface area contributed by atoms with E-state index in [1.54, 1.807) is 17.0 Å². The van der Waals surface area contributed by atoms with Gasteiger partial charge in [-0.05, 0) is 79.1 Å². The van der Waals surface area contributed by atoms with E-state index < -0.39 is 46.6 Å². The molecule has 0 aromatic heterocycles. The highest BCUT2D eigenvalue weighted by atomic mass is 35.5. The van der Waals surface area contributed by atoms with E-state index in [1.807, 2.05) is 0 Å². The Bertz CT molecular complexity index is 1540. The maximum Gasteiger partial charge on any atom is 0.426 e. The second-order valence-corrected chi connectivity index (χ2v) is 11.6. The quantitative estimate of drug-likeness (QED) is 0.298. The second kappa shape index (κ2) is 10.3. The van der Waals surface area contributed by atoms with Crippen molar-refractivity contribution in [2.45, 2.75) is 55.9 Å². The van der Waals surface area contributed by atoms with Gasteiger partial charge in [-0.2, -0.15) is 13.2 Å². The molecule has 4 nitrogen and oxygen atoms in total. The van der Waals surface area contributed by atoms with Gasteiger partial charge in [0.1, 0.15) is 5.82 Å². The number of aromatic carboxylic acids is 1. The summed E-state index contributed by atoms with van der Waals surface area (Å²) in [4.78, 5) is 26.9. The lowest BCUT2D eigenvalue weighted by atomic mass is 9.63. The Balaban J connectivity index is 1.59. The Morgan fingerprint density at radius 3 is 2.27 bits per heavy atom. The maximum atomic E-state index is 14.9. The predicted octanol–water partition coefficient (Wildman–Crippen LogP) is 7.92. The number of aryl methyl sites for hydroxylation is 1. The van der Waals surface area contributed by atoms with E-state index in [-0.39, 0.29) is 27.7 Å². The van der Waals surface area contributed by atoms with Gasteiger partial charge in [0.05, 0.1) is 21.2 Å². The zero-order valence-electron chi connectivity index (χ0n) is 21.7. The Morgan fingerprint density at radius 1 is 1.00 bits per heavy atom. The van der Waals surface area contributed by atoms with Crippen LogP contribution in [0.15, 0.2) is 54.6 Å².